The maximum Gasteiger partial charge on any atom is 0.291 e. The van der Waals surface area contributed by atoms with Crippen molar-refractivity contribution < 1.29 is 17.2 Å². The van der Waals surface area contributed by atoms with E-state index < -0.39 is 27.0 Å². The Balaban J connectivity index is 1.49. The largest absolute Gasteiger partial charge is 0.332 e. The summed E-state index contributed by atoms with van der Waals surface area (Å²) in [6.45, 7) is 1.59. The topological polar surface area (TPSA) is 137 Å². The molecule has 3 aromatic rings. The number of halogens is 2. The molecule has 6 rings (SSSR count). The fraction of sp³-hybridized carbons (Fsp3) is 0.476. The number of alkyl halides is 2. The fourth-order valence-corrected chi connectivity index (χ4v) is 6.85. The number of piperazine rings is 1. The van der Waals surface area contributed by atoms with Gasteiger partial charge >= 0.3 is 0 Å². The van der Waals surface area contributed by atoms with Gasteiger partial charge in [0.25, 0.3) is 6.43 Å². The van der Waals surface area contributed by atoms with Gasteiger partial charge in [-0.05, 0) is 43.9 Å². The molecule has 4 heterocycles. The van der Waals surface area contributed by atoms with Crippen LogP contribution in [0, 0.1) is 11.3 Å². The van der Waals surface area contributed by atoms with E-state index in [2.05, 4.69) is 25.1 Å². The van der Waals surface area contributed by atoms with Crippen LogP contribution in [0.3, 0.4) is 0 Å². The third-order valence-electron chi connectivity index (χ3n) is 6.70. The molecule has 1 aliphatic carbocycles. The summed E-state index contributed by atoms with van der Waals surface area (Å²) in [4.78, 5) is 11.5. The first-order valence-electron chi connectivity index (χ1n) is 11.2. The Morgan fingerprint density at radius 3 is 2.57 bits per heavy atom. The molecule has 182 valence electrons. The number of anilines is 1. The highest BCUT2D eigenvalue weighted by Gasteiger charge is 2.47. The van der Waals surface area contributed by atoms with Gasteiger partial charge in [0.2, 0.25) is 16.0 Å². The minimum absolute atomic E-state index is 0.0648. The number of nitrogens with one attached hydrogen (secondary N) is 2. The molecule has 35 heavy (non-hydrogen) atoms. The number of hydrogen-bond donors (Lipinski definition) is 2. The van der Waals surface area contributed by atoms with E-state index in [1.807, 2.05) is 6.07 Å². The van der Waals surface area contributed by atoms with Gasteiger partial charge in [-0.1, -0.05) is 11.3 Å². The number of aromatic nitrogens is 4. The van der Waals surface area contributed by atoms with Crippen LogP contribution in [-0.4, -0.2) is 59.3 Å². The van der Waals surface area contributed by atoms with Gasteiger partial charge in [-0.3, -0.25) is 0 Å². The quantitative estimate of drug-likeness (QED) is 0.504. The predicted octanol–water partition coefficient (Wildman–Crippen LogP) is 2.36. The second-order valence-electron chi connectivity index (χ2n) is 9.05. The van der Waals surface area contributed by atoms with Crippen LogP contribution in [0.15, 0.2) is 23.1 Å². The lowest BCUT2D eigenvalue weighted by atomic mass is 10.2. The van der Waals surface area contributed by atoms with Gasteiger partial charge in [0, 0.05) is 30.6 Å². The molecule has 1 saturated carbocycles. The number of sulfonamides is 1. The summed E-state index contributed by atoms with van der Waals surface area (Å²) in [5, 5.41) is 20.3. The van der Waals surface area contributed by atoms with Crippen molar-refractivity contribution in [2.75, 3.05) is 18.0 Å². The van der Waals surface area contributed by atoms with E-state index in [1.165, 1.54) is 12.1 Å². The number of nitriles is 1. The summed E-state index contributed by atoms with van der Waals surface area (Å²) in [7, 11) is -4.00. The third-order valence-corrected chi connectivity index (χ3v) is 9.17. The van der Waals surface area contributed by atoms with Crippen LogP contribution in [0.4, 0.5) is 14.7 Å². The Bertz CT molecular complexity index is 1450. The maximum atomic E-state index is 13.3. The monoisotopic (exact) mass is 518 g/mol. The molecule has 0 spiro atoms. The molecule has 2 N–H and O–H groups in total. The fourth-order valence-electron chi connectivity index (χ4n) is 4.74. The summed E-state index contributed by atoms with van der Waals surface area (Å²) in [6.07, 6.45) is 0.0989. The van der Waals surface area contributed by atoms with Crippen LogP contribution in [0.25, 0.3) is 21.6 Å². The maximum absolute atomic E-state index is 13.3. The van der Waals surface area contributed by atoms with Crippen LogP contribution in [0.2, 0.25) is 0 Å². The molecule has 2 atom stereocenters. The lowest BCUT2D eigenvalue weighted by Gasteiger charge is -2.35. The lowest BCUT2D eigenvalue weighted by Crippen LogP contribution is -2.52. The zero-order chi connectivity index (χ0) is 24.4. The number of benzene rings is 1. The molecule has 2 aromatic heterocycles. The SMILES string of the molecule is N#CC1(NS(=O)(=O)c2ccc3nc(N4C5CCC4CNC5)nc(-c4nnc(C(F)F)s4)c3c2)CC1. The van der Waals surface area contributed by atoms with Crippen molar-refractivity contribution in [1.82, 2.24) is 30.2 Å². The van der Waals surface area contributed by atoms with Gasteiger partial charge in [-0.25, -0.2) is 27.2 Å². The molecule has 10 nitrogen and oxygen atoms in total. The first-order chi connectivity index (χ1) is 16.8. The predicted molar refractivity (Wildman–Crippen MR) is 123 cm³/mol. The van der Waals surface area contributed by atoms with Crippen LogP contribution < -0.4 is 14.9 Å². The Morgan fingerprint density at radius 1 is 1.20 bits per heavy atom. The molecule has 14 heteroatoms. The molecule has 2 aliphatic heterocycles. The van der Waals surface area contributed by atoms with E-state index in [9.17, 15) is 22.5 Å². The average Bonchev–Trinajstić information content (AvgIpc) is 3.32. The highest BCUT2D eigenvalue weighted by Crippen LogP contribution is 2.38. The number of rotatable bonds is 6. The normalized spacial score (nSPS) is 23.1. The van der Waals surface area contributed by atoms with Gasteiger partial charge < -0.3 is 10.2 Å². The summed E-state index contributed by atoms with van der Waals surface area (Å²) in [6, 6.07) is 6.85. The van der Waals surface area contributed by atoms with Gasteiger partial charge in [-0.2, -0.15) is 9.98 Å². The lowest BCUT2D eigenvalue weighted by molar-refractivity contribution is 0.150. The van der Waals surface area contributed by atoms with E-state index >= 15 is 0 Å². The summed E-state index contributed by atoms with van der Waals surface area (Å²) >= 11 is 0.717. The van der Waals surface area contributed by atoms with Gasteiger partial charge in [0.05, 0.1) is 16.5 Å². The summed E-state index contributed by atoms with van der Waals surface area (Å²) in [5.41, 5.74) is -0.355. The van der Waals surface area contributed by atoms with E-state index in [-0.39, 0.29) is 27.7 Å². The average molecular weight is 519 g/mol. The van der Waals surface area contributed by atoms with Crippen LogP contribution in [0.5, 0.6) is 0 Å². The van der Waals surface area contributed by atoms with Gasteiger partial charge in [-0.15, -0.1) is 10.2 Å². The smallest absolute Gasteiger partial charge is 0.291 e. The van der Waals surface area contributed by atoms with E-state index in [0.29, 0.717) is 41.0 Å². The van der Waals surface area contributed by atoms with Crippen molar-refractivity contribution in [1.29, 1.82) is 5.26 Å². The standard InChI is InChI=1S/C21H20F2N8O2S2/c22-17(23)19-29-28-18(34-19)16-14-7-13(35(32,33)30-21(10-24)5-6-21)3-4-15(14)26-20(27-16)31-11-1-2-12(31)9-25-8-11/h3-4,7,11-12,17,25,30H,1-2,5-6,8-9H2. The molecule has 2 bridgehead atoms. The van der Waals surface area contributed by atoms with Crippen molar-refractivity contribution >= 4 is 38.2 Å². The molecule has 0 amide bonds. The van der Waals surface area contributed by atoms with Crippen LogP contribution >= 0.6 is 11.3 Å². The molecule has 2 unspecified atom stereocenters. The highest BCUT2D eigenvalue weighted by molar-refractivity contribution is 7.89. The molecule has 1 aromatic carbocycles. The van der Waals surface area contributed by atoms with E-state index in [4.69, 9.17) is 9.97 Å². The minimum Gasteiger partial charge on any atom is -0.332 e. The highest BCUT2D eigenvalue weighted by atomic mass is 32.2. The summed E-state index contributed by atoms with van der Waals surface area (Å²) in [5.74, 6) is 0.463. The Kier molecular flexibility index (Phi) is 5.22. The van der Waals surface area contributed by atoms with Crippen LogP contribution in [-0.2, 0) is 10.0 Å². The Morgan fingerprint density at radius 2 is 1.94 bits per heavy atom. The molecule has 3 fully saturated rings. The second-order valence-corrected chi connectivity index (χ2v) is 11.7. The molecule has 3 aliphatic rings. The zero-order valence-corrected chi connectivity index (χ0v) is 19.9. The van der Waals surface area contributed by atoms with Crippen molar-refractivity contribution in [3.63, 3.8) is 0 Å². The third kappa shape index (κ3) is 3.92. The molecule has 2 saturated heterocycles. The van der Waals surface area contributed by atoms with Crippen molar-refractivity contribution in [2.24, 2.45) is 0 Å². The Hall–Kier alpha value is -2.86. The van der Waals surface area contributed by atoms with E-state index in [0.717, 1.165) is 25.9 Å². The second kappa shape index (κ2) is 8.09. The van der Waals surface area contributed by atoms with Gasteiger partial charge in [0.15, 0.2) is 10.0 Å². The zero-order valence-electron chi connectivity index (χ0n) is 18.3. The number of fused-ring (bicyclic) bond motifs is 3. The van der Waals surface area contributed by atoms with E-state index in [1.54, 1.807) is 6.07 Å². The van der Waals surface area contributed by atoms with Crippen molar-refractivity contribution in [3.8, 4) is 16.8 Å². The first kappa shape index (κ1) is 22.6. The number of hydrogen-bond acceptors (Lipinski definition) is 10. The minimum atomic E-state index is -4.00. The number of nitrogens with zero attached hydrogens (tertiary/aromatic N) is 6. The molecule has 0 radical (unpaired) electrons. The molecular formula is C21H20F2N8O2S2. The van der Waals surface area contributed by atoms with Crippen molar-refractivity contribution in [2.45, 2.75) is 54.6 Å². The Labute approximate surface area is 203 Å². The molecular weight excluding hydrogens is 498 g/mol. The van der Waals surface area contributed by atoms with Crippen LogP contribution in [0.1, 0.15) is 37.1 Å². The first-order valence-corrected chi connectivity index (χ1v) is 13.5. The van der Waals surface area contributed by atoms with Crippen molar-refractivity contribution in [3.05, 3.63) is 23.2 Å². The summed E-state index contributed by atoms with van der Waals surface area (Å²) < 4.78 is 55.0. The van der Waals surface area contributed by atoms with Gasteiger partial charge in [0.1, 0.15) is 11.2 Å².